The minimum atomic E-state index is -2.96. The van der Waals surface area contributed by atoms with E-state index in [1.54, 1.807) is 0 Å². The molecule has 1 fully saturated rings. The van der Waals surface area contributed by atoms with Crippen LogP contribution < -0.4 is 20.1 Å². The van der Waals surface area contributed by atoms with Crippen LogP contribution in [-0.2, 0) is 4.79 Å². The number of rotatable bonds is 5. The highest BCUT2D eigenvalue weighted by molar-refractivity contribution is 5.96. The predicted octanol–water partition coefficient (Wildman–Crippen LogP) is 2.23. The van der Waals surface area contributed by atoms with Crippen molar-refractivity contribution in [2.45, 2.75) is 20.0 Å². The number of halogens is 2. The van der Waals surface area contributed by atoms with Gasteiger partial charge < -0.3 is 20.1 Å². The number of methoxy groups -OCH3 is 1. The second-order valence-corrected chi connectivity index (χ2v) is 5.18. The summed E-state index contributed by atoms with van der Waals surface area (Å²) >= 11 is 0. The van der Waals surface area contributed by atoms with Gasteiger partial charge >= 0.3 is 6.61 Å². The Morgan fingerprint density at radius 2 is 2.24 bits per heavy atom. The van der Waals surface area contributed by atoms with Gasteiger partial charge in [0.1, 0.15) is 11.5 Å². The molecule has 116 valence electrons. The summed E-state index contributed by atoms with van der Waals surface area (Å²) in [5, 5.41) is 5.77. The number of nitrogens with one attached hydrogen (secondary N) is 2. The zero-order valence-electron chi connectivity index (χ0n) is 11.9. The maximum absolute atomic E-state index is 12.4. The molecular formula is C14H18F2N2O3. The Morgan fingerprint density at radius 1 is 1.48 bits per heavy atom. The molecule has 0 saturated carbocycles. The van der Waals surface area contributed by atoms with Gasteiger partial charge in [-0.3, -0.25) is 4.79 Å². The van der Waals surface area contributed by atoms with Gasteiger partial charge in [-0.25, -0.2) is 0 Å². The topological polar surface area (TPSA) is 59.6 Å². The van der Waals surface area contributed by atoms with Crippen molar-refractivity contribution >= 4 is 11.6 Å². The molecule has 1 aromatic rings. The summed E-state index contributed by atoms with van der Waals surface area (Å²) in [4.78, 5) is 12.3. The van der Waals surface area contributed by atoms with Gasteiger partial charge in [0.15, 0.2) is 0 Å². The third-order valence-corrected chi connectivity index (χ3v) is 3.57. The van der Waals surface area contributed by atoms with Gasteiger partial charge in [-0.2, -0.15) is 8.78 Å². The molecule has 5 nitrogen and oxygen atoms in total. The monoisotopic (exact) mass is 300 g/mol. The largest absolute Gasteiger partial charge is 0.497 e. The van der Waals surface area contributed by atoms with Gasteiger partial charge in [-0.1, -0.05) is 0 Å². The summed E-state index contributed by atoms with van der Waals surface area (Å²) in [5.41, 5.74) is -0.390. The van der Waals surface area contributed by atoms with Crippen LogP contribution in [0.1, 0.15) is 13.3 Å². The van der Waals surface area contributed by atoms with E-state index in [0.717, 1.165) is 6.54 Å². The van der Waals surface area contributed by atoms with E-state index in [9.17, 15) is 13.6 Å². The number of carbonyl (C=O) groups is 1. The second kappa shape index (κ2) is 6.26. The van der Waals surface area contributed by atoms with Gasteiger partial charge in [-0.15, -0.1) is 0 Å². The summed E-state index contributed by atoms with van der Waals surface area (Å²) < 4.78 is 34.3. The average Bonchev–Trinajstić information content (AvgIpc) is 2.88. The normalized spacial score (nSPS) is 21.4. The van der Waals surface area contributed by atoms with Crippen molar-refractivity contribution in [2.75, 3.05) is 25.5 Å². The van der Waals surface area contributed by atoms with E-state index >= 15 is 0 Å². The van der Waals surface area contributed by atoms with Crippen LogP contribution in [0.3, 0.4) is 0 Å². The third kappa shape index (κ3) is 3.60. The van der Waals surface area contributed by atoms with Gasteiger partial charge in [0.25, 0.3) is 0 Å². The maximum atomic E-state index is 12.4. The summed E-state index contributed by atoms with van der Waals surface area (Å²) in [6, 6.07) is 4.30. The van der Waals surface area contributed by atoms with E-state index in [2.05, 4.69) is 15.4 Å². The average molecular weight is 300 g/mol. The number of hydrogen-bond donors (Lipinski definition) is 2. The standard InChI is InChI=1S/C14H18F2N2O3/c1-14(5-6-17-8-14)12(19)18-10-7-9(20-2)3-4-11(10)21-13(15)16/h3-4,7,13,17H,5-6,8H2,1-2H3,(H,18,19). The van der Waals surface area contributed by atoms with Crippen LogP contribution in [0.15, 0.2) is 18.2 Å². The molecule has 1 unspecified atom stereocenters. The Kier molecular flexibility index (Phi) is 4.62. The van der Waals surface area contributed by atoms with Crippen LogP contribution in [0, 0.1) is 5.41 Å². The van der Waals surface area contributed by atoms with Crippen molar-refractivity contribution < 1.29 is 23.0 Å². The molecule has 1 saturated heterocycles. The summed E-state index contributed by atoms with van der Waals surface area (Å²) in [6.45, 7) is 0.171. The van der Waals surface area contributed by atoms with Crippen LogP contribution in [0.5, 0.6) is 11.5 Å². The van der Waals surface area contributed by atoms with E-state index in [-0.39, 0.29) is 17.3 Å². The Balaban J connectivity index is 2.22. The molecule has 1 aromatic carbocycles. The minimum Gasteiger partial charge on any atom is -0.497 e. The van der Waals surface area contributed by atoms with E-state index in [1.165, 1.54) is 25.3 Å². The Bertz CT molecular complexity index is 517. The maximum Gasteiger partial charge on any atom is 0.387 e. The zero-order valence-corrected chi connectivity index (χ0v) is 11.9. The number of amides is 1. The van der Waals surface area contributed by atoms with Crippen LogP contribution in [0.2, 0.25) is 0 Å². The number of carbonyl (C=O) groups excluding carboxylic acids is 1. The van der Waals surface area contributed by atoms with Crippen molar-refractivity contribution in [3.8, 4) is 11.5 Å². The Labute approximate surface area is 121 Å². The van der Waals surface area contributed by atoms with Crippen molar-refractivity contribution in [3.05, 3.63) is 18.2 Å². The Hall–Kier alpha value is -1.89. The fourth-order valence-electron chi connectivity index (χ4n) is 2.22. The van der Waals surface area contributed by atoms with Crippen molar-refractivity contribution in [1.29, 1.82) is 0 Å². The van der Waals surface area contributed by atoms with Crippen LogP contribution >= 0.6 is 0 Å². The highest BCUT2D eigenvalue weighted by Crippen LogP contribution is 2.33. The summed E-state index contributed by atoms with van der Waals surface area (Å²) in [5.74, 6) is 0.121. The number of benzene rings is 1. The van der Waals surface area contributed by atoms with E-state index in [1.807, 2.05) is 6.92 Å². The quantitative estimate of drug-likeness (QED) is 0.875. The molecule has 0 radical (unpaired) electrons. The molecule has 1 aliphatic rings. The van der Waals surface area contributed by atoms with Crippen molar-refractivity contribution in [2.24, 2.45) is 5.41 Å². The zero-order chi connectivity index (χ0) is 15.5. The summed E-state index contributed by atoms with van der Waals surface area (Å²) in [6.07, 6.45) is 0.688. The van der Waals surface area contributed by atoms with Crippen molar-refractivity contribution in [3.63, 3.8) is 0 Å². The highest BCUT2D eigenvalue weighted by atomic mass is 19.3. The first-order valence-electron chi connectivity index (χ1n) is 6.60. The first-order chi connectivity index (χ1) is 9.94. The number of hydrogen-bond acceptors (Lipinski definition) is 4. The summed E-state index contributed by atoms with van der Waals surface area (Å²) in [7, 11) is 1.46. The van der Waals surface area contributed by atoms with Gasteiger partial charge in [0.2, 0.25) is 5.91 Å². The molecule has 0 aliphatic carbocycles. The van der Waals surface area contributed by atoms with Crippen LogP contribution in [0.4, 0.5) is 14.5 Å². The third-order valence-electron chi connectivity index (χ3n) is 3.57. The number of alkyl halides is 2. The predicted molar refractivity (Wildman–Crippen MR) is 73.8 cm³/mol. The molecule has 2 N–H and O–H groups in total. The van der Waals surface area contributed by atoms with Gasteiger partial charge in [0.05, 0.1) is 18.2 Å². The molecule has 7 heteroatoms. The van der Waals surface area contributed by atoms with E-state index in [0.29, 0.717) is 18.7 Å². The van der Waals surface area contributed by atoms with Gasteiger partial charge in [0, 0.05) is 12.6 Å². The fraction of sp³-hybridized carbons (Fsp3) is 0.500. The van der Waals surface area contributed by atoms with Gasteiger partial charge in [-0.05, 0) is 32.0 Å². The smallest absolute Gasteiger partial charge is 0.387 e. The van der Waals surface area contributed by atoms with Crippen LogP contribution in [-0.4, -0.2) is 32.7 Å². The van der Waals surface area contributed by atoms with Crippen molar-refractivity contribution in [1.82, 2.24) is 5.32 Å². The SMILES string of the molecule is COc1ccc(OC(F)F)c(NC(=O)C2(C)CCNC2)c1. The first kappa shape index (κ1) is 15.5. The lowest BCUT2D eigenvalue weighted by molar-refractivity contribution is -0.123. The van der Waals surface area contributed by atoms with E-state index in [4.69, 9.17) is 4.74 Å². The molecule has 21 heavy (non-hydrogen) atoms. The highest BCUT2D eigenvalue weighted by Gasteiger charge is 2.36. The molecule has 1 heterocycles. The molecule has 0 aromatic heterocycles. The first-order valence-corrected chi connectivity index (χ1v) is 6.60. The minimum absolute atomic E-state index is 0.0892. The molecule has 2 rings (SSSR count). The molecule has 0 bridgehead atoms. The lowest BCUT2D eigenvalue weighted by atomic mass is 9.88. The molecular weight excluding hydrogens is 282 g/mol. The second-order valence-electron chi connectivity index (χ2n) is 5.18. The van der Waals surface area contributed by atoms with Crippen LogP contribution in [0.25, 0.3) is 0 Å². The van der Waals surface area contributed by atoms with E-state index < -0.39 is 12.0 Å². The Morgan fingerprint density at radius 3 is 2.81 bits per heavy atom. The molecule has 1 amide bonds. The lowest BCUT2D eigenvalue weighted by Gasteiger charge is -2.22. The lowest BCUT2D eigenvalue weighted by Crippen LogP contribution is -2.35. The number of ether oxygens (including phenoxy) is 2. The molecule has 1 aliphatic heterocycles. The number of anilines is 1. The molecule has 0 spiro atoms. The molecule has 1 atom stereocenters. The fourth-order valence-corrected chi connectivity index (χ4v) is 2.22.